The Hall–Kier alpha value is -13.4. The Morgan fingerprint density at radius 2 is 0.440 bits per heavy atom. The lowest BCUT2D eigenvalue weighted by molar-refractivity contribution is 0.995. The molecule has 0 amide bonds. The highest BCUT2D eigenvalue weighted by Gasteiger charge is 2.22. The molecule has 6 heteroatoms. The maximum Gasteiger partial charge on any atom is 0.235 e. The van der Waals surface area contributed by atoms with Crippen molar-refractivity contribution in [2.75, 3.05) is 0 Å². The van der Waals surface area contributed by atoms with Crippen LogP contribution < -0.4 is 0 Å². The van der Waals surface area contributed by atoms with Crippen LogP contribution in [0.1, 0.15) is 0 Å². The molecule has 0 saturated carbocycles. The van der Waals surface area contributed by atoms with Crippen molar-refractivity contribution in [3.8, 4) is 90.0 Å². The first-order valence-corrected chi connectivity index (χ1v) is 34.1. The molecule has 5 heterocycles. The van der Waals surface area contributed by atoms with Gasteiger partial charge in [0.1, 0.15) is 0 Å². The molecule has 0 saturated heterocycles. The van der Waals surface area contributed by atoms with Crippen molar-refractivity contribution in [2.45, 2.75) is 0 Å². The number of hydrogen-bond donors (Lipinski definition) is 0. The van der Waals surface area contributed by atoms with Crippen LogP contribution in [-0.2, 0) is 0 Å². The van der Waals surface area contributed by atoms with Crippen molar-refractivity contribution < 1.29 is 0 Å². The van der Waals surface area contributed by atoms with E-state index in [-0.39, 0.29) is 0 Å². The molecule has 20 aromatic rings. The minimum atomic E-state index is 0.652. The highest BCUT2D eigenvalue weighted by molar-refractivity contribution is 6.15. The lowest BCUT2D eigenvalue weighted by atomic mass is 9.98. The molecule has 100 heavy (non-hydrogen) atoms. The van der Waals surface area contributed by atoms with Crippen molar-refractivity contribution in [3.05, 3.63) is 376 Å². The third-order valence-electron chi connectivity index (χ3n) is 19.8. The van der Waals surface area contributed by atoms with Gasteiger partial charge in [0, 0.05) is 71.3 Å². The highest BCUT2D eigenvalue weighted by Crippen LogP contribution is 2.43. The smallest absolute Gasteiger partial charge is 0.235 e. The van der Waals surface area contributed by atoms with Gasteiger partial charge in [-0.05, 0) is 160 Å². The zero-order chi connectivity index (χ0) is 66.0. The number of fused-ring (bicyclic) bond motifs is 12. The molecule has 468 valence electrons. The molecule has 15 aromatic carbocycles. The van der Waals surface area contributed by atoms with E-state index in [1.165, 1.54) is 126 Å². The Kier molecular flexibility index (Phi) is 14.1. The maximum atomic E-state index is 5.19. The molecule has 0 aliphatic rings. The van der Waals surface area contributed by atoms with E-state index in [2.05, 4.69) is 382 Å². The summed E-state index contributed by atoms with van der Waals surface area (Å²) >= 11 is 0. The number of benzene rings is 15. The summed E-state index contributed by atoms with van der Waals surface area (Å²) in [5.74, 6) is 0.652. The summed E-state index contributed by atoms with van der Waals surface area (Å²) in [5.41, 5.74) is 26.3. The Morgan fingerprint density at radius 3 is 0.860 bits per heavy atom. The third kappa shape index (κ3) is 10.0. The van der Waals surface area contributed by atoms with Crippen LogP contribution in [0.15, 0.2) is 376 Å². The van der Waals surface area contributed by atoms with Gasteiger partial charge in [-0.2, -0.15) is 0 Å². The van der Waals surface area contributed by atoms with E-state index in [0.29, 0.717) is 5.95 Å². The van der Waals surface area contributed by atoms with Gasteiger partial charge in [-0.15, -0.1) is 0 Å². The van der Waals surface area contributed by atoms with Gasteiger partial charge in [0.05, 0.1) is 55.5 Å². The van der Waals surface area contributed by atoms with Crippen LogP contribution in [-0.4, -0.2) is 28.2 Å². The molecule has 0 aliphatic carbocycles. The van der Waals surface area contributed by atoms with Crippen LogP contribution in [0.3, 0.4) is 0 Å². The minimum absolute atomic E-state index is 0.652. The molecule has 0 atom stereocenters. The molecular formula is C94H62N6. The SMILES string of the molecule is c1ccc(-c2cc(-c3ccccc3)cc(-n3c4ccccc4c4cc(-c5ccc6c7ccccc7n(-c7ccccc7)c6c5)ccc43)c2)cc1.c1ccc(-c2cc(-c3ccccc3)nc(-n3c4ccccc4c4cc(-c5ccc6c(c5)c5ccccc5n6-c5ccccc5)ccc43)n2)cc1. The van der Waals surface area contributed by atoms with Gasteiger partial charge in [0.15, 0.2) is 0 Å². The van der Waals surface area contributed by atoms with Gasteiger partial charge in [0.25, 0.3) is 0 Å². The van der Waals surface area contributed by atoms with Crippen molar-refractivity contribution in [1.82, 2.24) is 28.2 Å². The standard InChI is InChI=1S/C48H32N2.C46H30N4/c1-4-14-33(15-5-1)37-28-38(34-16-6-2-7-17-34)30-40(29-37)50-46-23-13-11-21-42(46)44-31-35(25-27-47(44)50)36-24-26-43-41-20-10-12-22-45(41)49(48(43)32-36)39-18-8-3-9-19-39;1-4-14-31(15-5-1)40-30-41(32-16-6-2-7-17-32)48-46(47-40)50-43-23-13-11-21-37(43)39-29-34(25-27-45(39)50)33-24-26-44-38(28-33)36-20-10-12-22-42(36)49(44)35-18-8-3-9-19-35/h1-32H;1-30H. The Morgan fingerprint density at radius 1 is 0.150 bits per heavy atom. The predicted octanol–water partition coefficient (Wildman–Crippen LogP) is 24.6. The van der Waals surface area contributed by atoms with Gasteiger partial charge in [0.2, 0.25) is 5.95 Å². The van der Waals surface area contributed by atoms with Crippen LogP contribution in [0.4, 0.5) is 0 Å². The predicted molar refractivity (Wildman–Crippen MR) is 418 cm³/mol. The van der Waals surface area contributed by atoms with Crippen LogP contribution in [0.2, 0.25) is 0 Å². The molecule has 0 N–H and O–H groups in total. The topological polar surface area (TPSA) is 45.5 Å². The fraction of sp³-hybridized carbons (Fsp3) is 0. The maximum absolute atomic E-state index is 5.19. The second kappa shape index (κ2) is 24.3. The minimum Gasteiger partial charge on any atom is -0.309 e. The number of para-hydroxylation sites is 6. The summed E-state index contributed by atoms with van der Waals surface area (Å²) in [6.45, 7) is 0. The molecule has 5 aromatic heterocycles. The van der Waals surface area contributed by atoms with Gasteiger partial charge in [-0.1, -0.05) is 261 Å². The summed E-state index contributed by atoms with van der Waals surface area (Å²) < 4.78 is 9.40. The quantitative estimate of drug-likeness (QED) is 0.137. The normalized spacial score (nSPS) is 11.6. The first kappa shape index (κ1) is 58.0. The second-order valence-electron chi connectivity index (χ2n) is 25.7. The van der Waals surface area contributed by atoms with Crippen LogP contribution in [0, 0.1) is 0 Å². The molecule has 0 aliphatic heterocycles. The lowest BCUT2D eigenvalue weighted by Gasteiger charge is -2.14. The van der Waals surface area contributed by atoms with E-state index in [1.807, 2.05) is 12.1 Å². The fourth-order valence-corrected chi connectivity index (χ4v) is 15.2. The largest absolute Gasteiger partial charge is 0.309 e. The van der Waals surface area contributed by atoms with Crippen molar-refractivity contribution in [1.29, 1.82) is 0 Å². The number of rotatable bonds is 10. The number of nitrogens with zero attached hydrogens (tertiary/aromatic N) is 6. The molecular weight excluding hydrogens is 1210 g/mol. The van der Waals surface area contributed by atoms with Crippen molar-refractivity contribution >= 4 is 87.2 Å². The van der Waals surface area contributed by atoms with Gasteiger partial charge in [-0.3, -0.25) is 4.57 Å². The molecule has 6 nitrogen and oxygen atoms in total. The van der Waals surface area contributed by atoms with Crippen molar-refractivity contribution in [2.24, 2.45) is 0 Å². The van der Waals surface area contributed by atoms with E-state index in [4.69, 9.17) is 9.97 Å². The monoisotopic (exact) mass is 1270 g/mol. The average molecular weight is 1280 g/mol. The van der Waals surface area contributed by atoms with Crippen LogP contribution in [0.5, 0.6) is 0 Å². The first-order chi connectivity index (χ1) is 49.6. The fourth-order valence-electron chi connectivity index (χ4n) is 15.2. The van der Waals surface area contributed by atoms with Gasteiger partial charge in [-0.25, -0.2) is 9.97 Å². The summed E-state index contributed by atoms with van der Waals surface area (Å²) in [5, 5.41) is 9.84. The third-order valence-corrected chi connectivity index (χ3v) is 19.8. The van der Waals surface area contributed by atoms with E-state index >= 15 is 0 Å². The molecule has 0 radical (unpaired) electrons. The van der Waals surface area contributed by atoms with E-state index in [0.717, 1.165) is 44.9 Å². The summed E-state index contributed by atoms with van der Waals surface area (Å²) in [6.07, 6.45) is 0. The molecule has 0 spiro atoms. The van der Waals surface area contributed by atoms with E-state index in [1.54, 1.807) is 0 Å². The lowest BCUT2D eigenvalue weighted by Crippen LogP contribution is -2.03. The Labute approximate surface area is 578 Å². The molecule has 0 unspecified atom stereocenters. The summed E-state index contributed by atoms with van der Waals surface area (Å²) in [7, 11) is 0. The van der Waals surface area contributed by atoms with Crippen LogP contribution >= 0.6 is 0 Å². The van der Waals surface area contributed by atoms with Crippen molar-refractivity contribution in [3.63, 3.8) is 0 Å². The molecule has 0 bridgehead atoms. The zero-order valence-electron chi connectivity index (χ0n) is 54.5. The molecule has 20 rings (SSSR count). The highest BCUT2D eigenvalue weighted by atomic mass is 15.2. The van der Waals surface area contributed by atoms with Gasteiger partial charge < -0.3 is 13.7 Å². The second-order valence-corrected chi connectivity index (χ2v) is 25.7. The average Bonchev–Trinajstić information content (AvgIpc) is 1.59. The van der Waals surface area contributed by atoms with Gasteiger partial charge >= 0.3 is 0 Å². The molecule has 0 fully saturated rings. The zero-order valence-corrected chi connectivity index (χ0v) is 54.5. The number of hydrogen-bond acceptors (Lipinski definition) is 2. The van der Waals surface area contributed by atoms with E-state index < -0.39 is 0 Å². The van der Waals surface area contributed by atoms with E-state index in [9.17, 15) is 0 Å². The Bertz CT molecular complexity index is 6370. The summed E-state index contributed by atoms with van der Waals surface area (Å²) in [6, 6.07) is 135. The summed E-state index contributed by atoms with van der Waals surface area (Å²) in [4.78, 5) is 10.4. The number of aromatic nitrogens is 6. The first-order valence-electron chi connectivity index (χ1n) is 34.1. The Balaban J connectivity index is 0.000000139. The van der Waals surface area contributed by atoms with Crippen LogP contribution in [0.25, 0.3) is 177 Å².